The number of hydrogen-bond acceptors (Lipinski definition) is 5. The van der Waals surface area contributed by atoms with Gasteiger partial charge in [-0.2, -0.15) is 0 Å². The van der Waals surface area contributed by atoms with Gasteiger partial charge < -0.3 is 10.6 Å². The Morgan fingerprint density at radius 1 is 1.29 bits per heavy atom. The lowest BCUT2D eigenvalue weighted by Crippen LogP contribution is -2.38. The fraction of sp³-hybridized carbons (Fsp3) is 0.500. The van der Waals surface area contributed by atoms with Crippen molar-refractivity contribution in [3.63, 3.8) is 0 Å². The fourth-order valence-electron chi connectivity index (χ4n) is 2.84. The summed E-state index contributed by atoms with van der Waals surface area (Å²) >= 11 is 1.13. The third-order valence-electron chi connectivity index (χ3n) is 4.21. The molecule has 2 aromatic rings. The van der Waals surface area contributed by atoms with Gasteiger partial charge in [0, 0.05) is 11.7 Å². The molecular weight excluding hydrogens is 346 g/mol. The van der Waals surface area contributed by atoms with Crippen LogP contribution in [0.25, 0.3) is 10.2 Å². The average Bonchev–Trinajstić information content (AvgIpc) is 3.00. The molecule has 3 rings (SSSR count). The molecule has 2 N–H and O–H groups in total. The number of hydrogen-bond donors (Lipinski definition) is 2. The summed E-state index contributed by atoms with van der Waals surface area (Å²) in [7, 11) is -3.31. The van der Waals surface area contributed by atoms with Gasteiger partial charge in [0.15, 0.2) is 0 Å². The molecule has 0 atom stereocenters. The highest BCUT2D eigenvalue weighted by molar-refractivity contribution is 7.93. The zero-order valence-corrected chi connectivity index (χ0v) is 15.2. The van der Waals surface area contributed by atoms with Crippen LogP contribution in [0, 0.1) is 0 Å². The molecule has 1 saturated carbocycles. The predicted molar refractivity (Wildman–Crippen MR) is 96.4 cm³/mol. The van der Waals surface area contributed by atoms with E-state index in [2.05, 4.69) is 15.6 Å². The lowest BCUT2D eigenvalue weighted by Gasteiger charge is -2.22. The summed E-state index contributed by atoms with van der Waals surface area (Å²) in [6.45, 7) is 1.60. The fourth-order valence-corrected chi connectivity index (χ4v) is 5.19. The number of rotatable bonds is 4. The molecule has 0 unspecified atom stereocenters. The van der Waals surface area contributed by atoms with Gasteiger partial charge in [-0.3, -0.25) is 0 Å². The highest BCUT2D eigenvalue weighted by atomic mass is 32.2. The van der Waals surface area contributed by atoms with Crippen molar-refractivity contribution in [2.45, 2.75) is 49.4 Å². The van der Waals surface area contributed by atoms with E-state index in [4.69, 9.17) is 0 Å². The number of benzene rings is 1. The van der Waals surface area contributed by atoms with E-state index in [0.717, 1.165) is 41.7 Å². The van der Waals surface area contributed by atoms with E-state index in [0.29, 0.717) is 11.2 Å². The number of carbonyl (C=O) groups is 1. The number of nitrogens with zero attached hydrogens (tertiary/aromatic N) is 1. The zero-order valence-electron chi connectivity index (χ0n) is 13.5. The number of urea groups is 1. The summed E-state index contributed by atoms with van der Waals surface area (Å²) in [6.07, 6.45) is 5.61. The van der Waals surface area contributed by atoms with Crippen LogP contribution >= 0.6 is 11.3 Å². The predicted octanol–water partition coefficient (Wildman–Crippen LogP) is 3.54. The van der Waals surface area contributed by atoms with E-state index in [9.17, 15) is 13.2 Å². The molecule has 6 nitrogen and oxygen atoms in total. The number of amides is 2. The normalized spacial score (nSPS) is 16.2. The van der Waals surface area contributed by atoms with Gasteiger partial charge in [-0.15, -0.1) is 11.3 Å². The molecule has 1 aromatic carbocycles. The minimum absolute atomic E-state index is 0.0295. The van der Waals surface area contributed by atoms with Crippen LogP contribution in [0.5, 0.6) is 0 Å². The maximum atomic E-state index is 12.1. The molecule has 0 aliphatic heterocycles. The topological polar surface area (TPSA) is 88.2 Å². The third kappa shape index (κ3) is 3.87. The van der Waals surface area contributed by atoms with Crippen molar-refractivity contribution in [3.05, 3.63) is 18.2 Å². The van der Waals surface area contributed by atoms with Crippen LogP contribution in [0.3, 0.4) is 0 Å². The standard InChI is InChI=1S/C16H21N3O3S2/c1-2-24(21,22)16-19-13-9-8-12(10-14(13)23-16)18-15(20)17-11-6-4-3-5-7-11/h8-11H,2-7H2,1H3,(H2,17,18,20). The van der Waals surface area contributed by atoms with Gasteiger partial charge in [-0.05, 0) is 31.0 Å². The van der Waals surface area contributed by atoms with E-state index in [1.165, 1.54) is 6.42 Å². The van der Waals surface area contributed by atoms with Crippen molar-refractivity contribution in [2.75, 3.05) is 11.1 Å². The second kappa shape index (κ2) is 7.06. The van der Waals surface area contributed by atoms with Gasteiger partial charge in [-0.1, -0.05) is 26.2 Å². The highest BCUT2D eigenvalue weighted by Crippen LogP contribution is 2.28. The van der Waals surface area contributed by atoms with Gasteiger partial charge >= 0.3 is 6.03 Å². The van der Waals surface area contributed by atoms with E-state index in [1.807, 2.05) is 0 Å². The minimum Gasteiger partial charge on any atom is -0.335 e. The van der Waals surface area contributed by atoms with Crippen molar-refractivity contribution in [2.24, 2.45) is 0 Å². The van der Waals surface area contributed by atoms with Crippen molar-refractivity contribution >= 4 is 43.1 Å². The number of sulfone groups is 1. The maximum absolute atomic E-state index is 12.1. The van der Waals surface area contributed by atoms with Gasteiger partial charge in [0.05, 0.1) is 16.0 Å². The number of nitrogens with one attached hydrogen (secondary N) is 2. The lowest BCUT2D eigenvalue weighted by molar-refractivity contribution is 0.244. The summed E-state index contributed by atoms with van der Waals surface area (Å²) in [5.74, 6) is 0.0295. The second-order valence-corrected chi connectivity index (χ2v) is 9.48. The van der Waals surface area contributed by atoms with Gasteiger partial charge in [0.1, 0.15) is 0 Å². The van der Waals surface area contributed by atoms with Crippen LogP contribution in [0.2, 0.25) is 0 Å². The molecule has 0 bridgehead atoms. The molecule has 8 heteroatoms. The van der Waals surface area contributed by atoms with Crippen LogP contribution in [0.1, 0.15) is 39.0 Å². The number of thiazole rings is 1. The first-order valence-electron chi connectivity index (χ1n) is 8.19. The molecule has 2 amide bonds. The average molecular weight is 367 g/mol. The van der Waals surface area contributed by atoms with E-state index in [-0.39, 0.29) is 22.2 Å². The Hall–Kier alpha value is -1.67. The van der Waals surface area contributed by atoms with Crippen molar-refractivity contribution in [1.82, 2.24) is 10.3 Å². The summed E-state index contributed by atoms with van der Waals surface area (Å²) in [5, 5.41) is 5.82. The highest BCUT2D eigenvalue weighted by Gasteiger charge is 2.18. The second-order valence-electron chi connectivity index (χ2n) is 6.00. The van der Waals surface area contributed by atoms with Gasteiger partial charge in [0.25, 0.3) is 0 Å². The third-order valence-corrected chi connectivity index (χ3v) is 7.42. The Morgan fingerprint density at radius 2 is 2.04 bits per heavy atom. The maximum Gasteiger partial charge on any atom is 0.319 e. The Balaban J connectivity index is 1.72. The van der Waals surface area contributed by atoms with Crippen LogP contribution in [0.4, 0.5) is 10.5 Å². The number of aromatic nitrogens is 1. The molecule has 0 radical (unpaired) electrons. The SMILES string of the molecule is CCS(=O)(=O)c1nc2ccc(NC(=O)NC3CCCCC3)cc2s1. The van der Waals surface area contributed by atoms with Crippen LogP contribution in [-0.4, -0.2) is 31.2 Å². The Kier molecular flexibility index (Phi) is 5.05. The molecule has 1 aliphatic rings. The van der Waals surface area contributed by atoms with E-state index >= 15 is 0 Å². The molecule has 0 spiro atoms. The number of carbonyl (C=O) groups excluding carboxylic acids is 1. The monoisotopic (exact) mass is 367 g/mol. The summed E-state index contributed by atoms with van der Waals surface area (Å²) in [4.78, 5) is 16.3. The van der Waals surface area contributed by atoms with Crippen LogP contribution in [0.15, 0.2) is 22.5 Å². The quantitative estimate of drug-likeness (QED) is 0.865. The number of anilines is 1. The molecule has 1 fully saturated rings. The molecule has 130 valence electrons. The first-order chi connectivity index (χ1) is 11.5. The van der Waals surface area contributed by atoms with E-state index in [1.54, 1.807) is 25.1 Å². The molecular formula is C16H21N3O3S2. The first kappa shape index (κ1) is 17.2. The summed E-state index contributed by atoms with van der Waals surface area (Å²) < 4.78 is 24.7. The molecule has 1 heterocycles. The summed E-state index contributed by atoms with van der Waals surface area (Å²) in [5.41, 5.74) is 1.27. The molecule has 1 aliphatic carbocycles. The van der Waals surface area contributed by atoms with E-state index < -0.39 is 9.84 Å². The zero-order chi connectivity index (χ0) is 17.2. The van der Waals surface area contributed by atoms with Gasteiger partial charge in [0.2, 0.25) is 14.2 Å². The largest absolute Gasteiger partial charge is 0.335 e. The van der Waals surface area contributed by atoms with Gasteiger partial charge in [-0.25, -0.2) is 18.2 Å². The van der Waals surface area contributed by atoms with Crippen molar-refractivity contribution in [1.29, 1.82) is 0 Å². The Bertz CT molecular complexity index is 839. The molecule has 1 aromatic heterocycles. The molecule has 24 heavy (non-hydrogen) atoms. The first-order valence-corrected chi connectivity index (χ1v) is 10.7. The summed E-state index contributed by atoms with van der Waals surface area (Å²) in [6, 6.07) is 5.27. The number of fused-ring (bicyclic) bond motifs is 1. The van der Waals surface area contributed by atoms with Crippen molar-refractivity contribution < 1.29 is 13.2 Å². The molecule has 0 saturated heterocycles. The Labute approximate surface area is 145 Å². The lowest BCUT2D eigenvalue weighted by atomic mass is 9.96. The van der Waals surface area contributed by atoms with Crippen LogP contribution < -0.4 is 10.6 Å². The Morgan fingerprint density at radius 3 is 2.75 bits per heavy atom. The smallest absolute Gasteiger partial charge is 0.319 e. The van der Waals surface area contributed by atoms with Crippen LogP contribution in [-0.2, 0) is 9.84 Å². The minimum atomic E-state index is -3.31. The van der Waals surface area contributed by atoms with Crippen molar-refractivity contribution in [3.8, 4) is 0 Å².